The molecule has 0 N–H and O–H groups in total. The van der Waals surface area contributed by atoms with Crippen LogP contribution in [0.4, 0.5) is 0 Å². The van der Waals surface area contributed by atoms with Gasteiger partial charge in [-0.3, -0.25) is 0 Å². The van der Waals surface area contributed by atoms with Crippen LogP contribution in [0.25, 0.3) is 86.2 Å². The van der Waals surface area contributed by atoms with Gasteiger partial charge in [-0.2, -0.15) is 0 Å². The van der Waals surface area contributed by atoms with E-state index in [-0.39, 0.29) is 5.41 Å². The minimum absolute atomic E-state index is 0.00664. The maximum atomic E-state index is 2.45. The molecule has 1 heteroatoms. The zero-order chi connectivity index (χ0) is 32.0. The molecule has 1 aliphatic rings. The van der Waals surface area contributed by atoms with Gasteiger partial charge in [0.2, 0.25) is 0 Å². The Morgan fingerprint density at radius 1 is 0.417 bits per heavy atom. The lowest BCUT2D eigenvalue weighted by molar-refractivity contribution is 0.667. The lowest BCUT2D eigenvalue weighted by Crippen LogP contribution is -2.14. The molecule has 226 valence electrons. The van der Waals surface area contributed by atoms with Crippen molar-refractivity contribution in [3.05, 3.63) is 169 Å². The number of rotatable bonds is 3. The Hall–Kier alpha value is -5.50. The second-order valence-corrected chi connectivity index (χ2v) is 14.7. The Kier molecular flexibility index (Phi) is 5.89. The van der Waals surface area contributed by atoms with Crippen molar-refractivity contribution < 1.29 is 0 Å². The minimum atomic E-state index is -0.00664. The van der Waals surface area contributed by atoms with Crippen molar-refractivity contribution in [1.29, 1.82) is 0 Å². The molecule has 0 amide bonds. The summed E-state index contributed by atoms with van der Waals surface area (Å²) in [4.78, 5) is 1.43. The van der Waals surface area contributed by atoms with Gasteiger partial charge in [-0.05, 0) is 99.9 Å². The van der Waals surface area contributed by atoms with Crippen LogP contribution in [-0.2, 0) is 5.41 Å². The van der Waals surface area contributed by atoms with Crippen molar-refractivity contribution in [2.75, 3.05) is 0 Å². The van der Waals surface area contributed by atoms with Crippen molar-refractivity contribution >= 4 is 53.7 Å². The SMILES string of the molecule is CC1(C)c2ccccc2-c2sc3cc(-c4c5ccccc5c(-c5cccc(-c6cccc7ccccc67)c5)c5ccccc45)ccc3c21. The molecule has 0 radical (unpaired) electrons. The van der Waals surface area contributed by atoms with Gasteiger partial charge < -0.3 is 0 Å². The van der Waals surface area contributed by atoms with Crippen LogP contribution in [0.2, 0.25) is 0 Å². The molecule has 0 saturated heterocycles. The molecule has 0 fully saturated rings. The fourth-order valence-corrected chi connectivity index (χ4v) is 9.93. The number of fused-ring (bicyclic) bond motifs is 8. The fraction of sp³-hybridized carbons (Fsp3) is 0.0638. The van der Waals surface area contributed by atoms with E-state index in [9.17, 15) is 0 Å². The first-order valence-electron chi connectivity index (χ1n) is 16.8. The second-order valence-electron chi connectivity index (χ2n) is 13.6. The van der Waals surface area contributed by atoms with Crippen LogP contribution in [0.5, 0.6) is 0 Å². The smallest absolute Gasteiger partial charge is 0.0399 e. The molecule has 1 aromatic heterocycles. The molecular formula is C47H32S. The zero-order valence-corrected chi connectivity index (χ0v) is 27.7. The monoisotopic (exact) mass is 628 g/mol. The van der Waals surface area contributed by atoms with Gasteiger partial charge in [-0.15, -0.1) is 11.3 Å². The average molecular weight is 629 g/mol. The van der Waals surface area contributed by atoms with Gasteiger partial charge in [-0.25, -0.2) is 0 Å². The molecule has 0 nitrogen and oxygen atoms in total. The molecule has 9 aromatic rings. The van der Waals surface area contributed by atoms with Crippen molar-refractivity contribution in [3.63, 3.8) is 0 Å². The maximum Gasteiger partial charge on any atom is 0.0399 e. The van der Waals surface area contributed by atoms with Crippen LogP contribution in [0, 0.1) is 0 Å². The zero-order valence-electron chi connectivity index (χ0n) is 26.9. The van der Waals surface area contributed by atoms with Gasteiger partial charge in [0.1, 0.15) is 0 Å². The Labute approximate surface area is 284 Å². The summed E-state index contributed by atoms with van der Waals surface area (Å²) in [7, 11) is 0. The van der Waals surface area contributed by atoms with Gasteiger partial charge in [0.05, 0.1) is 0 Å². The fourth-order valence-electron chi connectivity index (χ4n) is 8.49. The third kappa shape index (κ3) is 3.89. The van der Waals surface area contributed by atoms with Crippen molar-refractivity contribution in [2.24, 2.45) is 0 Å². The molecule has 10 rings (SSSR count). The number of hydrogen-bond acceptors (Lipinski definition) is 1. The summed E-state index contributed by atoms with van der Waals surface area (Å²) in [6.07, 6.45) is 0. The summed E-state index contributed by atoms with van der Waals surface area (Å²) >= 11 is 1.95. The Morgan fingerprint density at radius 2 is 0.958 bits per heavy atom. The molecule has 0 saturated carbocycles. The summed E-state index contributed by atoms with van der Waals surface area (Å²) in [5.74, 6) is 0. The molecule has 0 bridgehead atoms. The summed E-state index contributed by atoms with van der Waals surface area (Å²) in [6, 6.07) is 58.6. The van der Waals surface area contributed by atoms with E-state index < -0.39 is 0 Å². The standard InChI is InChI=1S/C47H32S/c1-47(2)41-24-10-9-22-39(41)46-45(47)40-26-25-32(28-42(40)48-46)44-37-20-7-5-18-35(37)43(36-19-6-8-21-38(36)44)31-16-11-15-30(27-31)34-23-12-14-29-13-3-4-17-33(29)34/h3-28H,1-2H3. The number of benzene rings is 8. The van der Waals surface area contributed by atoms with Crippen molar-refractivity contribution in [3.8, 4) is 43.8 Å². The minimum Gasteiger partial charge on any atom is -0.135 e. The highest BCUT2D eigenvalue weighted by Gasteiger charge is 2.38. The van der Waals surface area contributed by atoms with Gasteiger partial charge in [0, 0.05) is 15.0 Å². The third-order valence-corrected chi connectivity index (χ3v) is 11.8. The Balaban J connectivity index is 1.20. The van der Waals surface area contributed by atoms with E-state index in [4.69, 9.17) is 0 Å². The largest absolute Gasteiger partial charge is 0.135 e. The van der Waals surface area contributed by atoms with E-state index in [1.165, 1.54) is 97.4 Å². The molecular weight excluding hydrogens is 597 g/mol. The van der Waals surface area contributed by atoms with E-state index in [1.807, 2.05) is 11.3 Å². The summed E-state index contributed by atoms with van der Waals surface area (Å²) in [5, 5.41) is 9.07. The quantitative estimate of drug-likeness (QED) is 0.171. The molecule has 0 spiro atoms. The van der Waals surface area contributed by atoms with Crippen LogP contribution in [-0.4, -0.2) is 0 Å². The van der Waals surface area contributed by atoms with Gasteiger partial charge in [0.25, 0.3) is 0 Å². The van der Waals surface area contributed by atoms with Crippen LogP contribution in [0.3, 0.4) is 0 Å². The Bertz CT molecular complexity index is 2690. The molecule has 0 atom stereocenters. The van der Waals surface area contributed by atoms with E-state index in [0.717, 1.165) is 0 Å². The molecule has 48 heavy (non-hydrogen) atoms. The van der Waals surface area contributed by atoms with E-state index in [0.29, 0.717) is 0 Å². The van der Waals surface area contributed by atoms with E-state index >= 15 is 0 Å². The lowest BCUT2D eigenvalue weighted by atomic mass is 9.81. The summed E-state index contributed by atoms with van der Waals surface area (Å²) in [6.45, 7) is 4.76. The molecule has 8 aromatic carbocycles. The molecule has 1 aliphatic carbocycles. The van der Waals surface area contributed by atoms with Gasteiger partial charge >= 0.3 is 0 Å². The van der Waals surface area contributed by atoms with E-state index in [2.05, 4.69) is 172 Å². The third-order valence-electron chi connectivity index (χ3n) is 10.6. The van der Waals surface area contributed by atoms with E-state index in [1.54, 1.807) is 0 Å². The van der Waals surface area contributed by atoms with Crippen molar-refractivity contribution in [1.82, 2.24) is 0 Å². The highest BCUT2D eigenvalue weighted by Crippen LogP contribution is 2.56. The molecule has 1 heterocycles. The first kappa shape index (κ1) is 27.6. The summed E-state index contributed by atoms with van der Waals surface area (Å²) in [5.41, 5.74) is 11.9. The van der Waals surface area contributed by atoms with Crippen LogP contribution < -0.4 is 0 Å². The predicted molar refractivity (Wildman–Crippen MR) is 208 cm³/mol. The number of hydrogen-bond donors (Lipinski definition) is 0. The molecule has 0 aliphatic heterocycles. The van der Waals surface area contributed by atoms with Crippen molar-refractivity contribution in [2.45, 2.75) is 19.3 Å². The molecule has 0 unspecified atom stereocenters. The highest BCUT2D eigenvalue weighted by molar-refractivity contribution is 7.22. The number of thiophene rings is 1. The maximum absolute atomic E-state index is 2.45. The average Bonchev–Trinajstić information content (AvgIpc) is 3.63. The first-order chi connectivity index (χ1) is 23.6. The first-order valence-corrected chi connectivity index (χ1v) is 17.6. The van der Waals surface area contributed by atoms with Crippen LogP contribution in [0.1, 0.15) is 25.0 Å². The van der Waals surface area contributed by atoms with Gasteiger partial charge in [-0.1, -0.05) is 159 Å². The van der Waals surface area contributed by atoms with Crippen LogP contribution in [0.15, 0.2) is 158 Å². The van der Waals surface area contributed by atoms with Gasteiger partial charge in [0.15, 0.2) is 0 Å². The van der Waals surface area contributed by atoms with Crippen LogP contribution >= 0.6 is 11.3 Å². The highest BCUT2D eigenvalue weighted by atomic mass is 32.1. The lowest BCUT2D eigenvalue weighted by Gasteiger charge is -2.21. The predicted octanol–water partition coefficient (Wildman–Crippen LogP) is 13.7. The second kappa shape index (κ2) is 10.2. The normalized spacial score (nSPS) is 13.4. The topological polar surface area (TPSA) is 0 Å². The summed E-state index contributed by atoms with van der Waals surface area (Å²) < 4.78 is 1.36. The Morgan fingerprint density at radius 3 is 1.69 bits per heavy atom.